The van der Waals surface area contributed by atoms with E-state index in [2.05, 4.69) is 5.32 Å². The standard InChI is InChI=1S/C19H22N2O4/c1-13(16-9-5-11-24-16)20-18(22)14-7-3-4-8-15(14)21(2)19(23)17-10-6-12-25-17/h3-4,6-8,10,12-13,16H,5,9,11H2,1-2H3,(H,20,22)/t13-,16+/m1/s1. The molecule has 0 bridgehead atoms. The smallest absolute Gasteiger partial charge is 0.293 e. The summed E-state index contributed by atoms with van der Waals surface area (Å²) in [6, 6.07) is 10.2. The lowest BCUT2D eigenvalue weighted by atomic mass is 10.1. The number of carbonyl (C=O) groups excluding carboxylic acids is 2. The van der Waals surface area contributed by atoms with Crippen LogP contribution in [0.5, 0.6) is 0 Å². The number of rotatable bonds is 5. The third-order valence-electron chi connectivity index (χ3n) is 4.43. The number of carbonyl (C=O) groups is 2. The first-order valence-electron chi connectivity index (χ1n) is 8.41. The van der Waals surface area contributed by atoms with Gasteiger partial charge in [0.1, 0.15) is 0 Å². The quantitative estimate of drug-likeness (QED) is 0.907. The van der Waals surface area contributed by atoms with E-state index in [9.17, 15) is 9.59 Å². The largest absolute Gasteiger partial charge is 0.459 e. The van der Waals surface area contributed by atoms with Gasteiger partial charge in [-0.2, -0.15) is 0 Å². The lowest BCUT2D eigenvalue weighted by molar-refractivity contribution is 0.0712. The number of hydrogen-bond acceptors (Lipinski definition) is 4. The molecule has 1 aliphatic rings. The maximum atomic E-state index is 12.7. The van der Waals surface area contributed by atoms with E-state index in [1.54, 1.807) is 43.4 Å². The van der Waals surface area contributed by atoms with Crippen LogP contribution in [-0.2, 0) is 4.74 Å². The lowest BCUT2D eigenvalue weighted by Gasteiger charge is -2.23. The van der Waals surface area contributed by atoms with Gasteiger partial charge in [0.25, 0.3) is 11.8 Å². The van der Waals surface area contributed by atoms with E-state index in [0.717, 1.165) is 19.4 Å². The summed E-state index contributed by atoms with van der Waals surface area (Å²) in [5.41, 5.74) is 0.968. The molecule has 2 atom stereocenters. The Hall–Kier alpha value is -2.60. The summed E-state index contributed by atoms with van der Waals surface area (Å²) in [5, 5.41) is 2.98. The lowest BCUT2D eigenvalue weighted by Crippen LogP contribution is -2.41. The van der Waals surface area contributed by atoms with Crippen molar-refractivity contribution in [3.05, 3.63) is 54.0 Å². The number of hydrogen-bond donors (Lipinski definition) is 1. The number of ether oxygens (including phenoxy) is 1. The van der Waals surface area contributed by atoms with Gasteiger partial charge in [0, 0.05) is 13.7 Å². The van der Waals surface area contributed by atoms with Crippen LogP contribution in [0.25, 0.3) is 0 Å². The molecule has 1 aromatic carbocycles. The average Bonchev–Trinajstić information content (AvgIpc) is 3.33. The van der Waals surface area contributed by atoms with Crippen molar-refractivity contribution in [3.63, 3.8) is 0 Å². The summed E-state index contributed by atoms with van der Waals surface area (Å²) in [7, 11) is 1.63. The summed E-state index contributed by atoms with van der Waals surface area (Å²) in [6.07, 6.45) is 3.45. The third-order valence-corrected chi connectivity index (χ3v) is 4.43. The fraction of sp³-hybridized carbons (Fsp3) is 0.368. The molecule has 3 rings (SSSR count). The second-order valence-corrected chi connectivity index (χ2v) is 6.17. The average molecular weight is 342 g/mol. The molecule has 132 valence electrons. The first-order chi connectivity index (χ1) is 12.1. The minimum absolute atomic E-state index is 0.0404. The number of para-hydroxylation sites is 1. The third kappa shape index (κ3) is 3.74. The topological polar surface area (TPSA) is 71.8 Å². The van der Waals surface area contributed by atoms with E-state index in [-0.39, 0.29) is 29.7 Å². The number of benzene rings is 1. The van der Waals surface area contributed by atoms with Gasteiger partial charge in [-0.15, -0.1) is 0 Å². The van der Waals surface area contributed by atoms with Crippen LogP contribution in [-0.4, -0.2) is 37.6 Å². The van der Waals surface area contributed by atoms with Crippen molar-refractivity contribution in [2.75, 3.05) is 18.6 Å². The molecule has 6 heteroatoms. The van der Waals surface area contributed by atoms with E-state index in [1.165, 1.54) is 11.2 Å². The van der Waals surface area contributed by atoms with E-state index in [4.69, 9.17) is 9.15 Å². The molecule has 2 aromatic rings. The number of nitrogens with one attached hydrogen (secondary N) is 1. The normalized spacial score (nSPS) is 17.9. The number of anilines is 1. The molecule has 0 spiro atoms. The summed E-state index contributed by atoms with van der Waals surface area (Å²) in [4.78, 5) is 26.6. The van der Waals surface area contributed by atoms with Crippen molar-refractivity contribution < 1.29 is 18.7 Å². The van der Waals surface area contributed by atoms with Crippen LogP contribution in [0.15, 0.2) is 47.1 Å². The Balaban J connectivity index is 1.78. The van der Waals surface area contributed by atoms with Crippen LogP contribution in [0.1, 0.15) is 40.7 Å². The molecule has 2 amide bonds. The minimum Gasteiger partial charge on any atom is -0.459 e. The highest BCUT2D eigenvalue weighted by molar-refractivity contribution is 6.09. The summed E-state index contributed by atoms with van der Waals surface area (Å²) < 4.78 is 10.8. The van der Waals surface area contributed by atoms with Gasteiger partial charge in [0.2, 0.25) is 0 Å². The molecule has 25 heavy (non-hydrogen) atoms. The predicted molar refractivity (Wildman–Crippen MR) is 93.8 cm³/mol. The fourth-order valence-corrected chi connectivity index (χ4v) is 3.01. The highest BCUT2D eigenvalue weighted by Crippen LogP contribution is 2.22. The first-order valence-corrected chi connectivity index (χ1v) is 8.41. The number of furan rings is 1. The molecular formula is C19H22N2O4. The molecule has 1 N–H and O–H groups in total. The van der Waals surface area contributed by atoms with Gasteiger partial charge in [-0.3, -0.25) is 9.59 Å². The zero-order valence-electron chi connectivity index (χ0n) is 14.4. The summed E-state index contributed by atoms with van der Waals surface area (Å²) in [6.45, 7) is 2.68. The van der Waals surface area contributed by atoms with Gasteiger partial charge in [0.15, 0.2) is 5.76 Å². The zero-order valence-corrected chi connectivity index (χ0v) is 14.4. The van der Waals surface area contributed by atoms with Gasteiger partial charge in [0.05, 0.1) is 29.7 Å². The van der Waals surface area contributed by atoms with E-state index in [0.29, 0.717) is 11.3 Å². The van der Waals surface area contributed by atoms with Gasteiger partial charge < -0.3 is 19.4 Å². The Morgan fingerprint density at radius 1 is 1.24 bits per heavy atom. The van der Waals surface area contributed by atoms with Crippen molar-refractivity contribution >= 4 is 17.5 Å². The monoisotopic (exact) mass is 342 g/mol. The molecule has 0 radical (unpaired) electrons. The van der Waals surface area contributed by atoms with Crippen LogP contribution in [0.2, 0.25) is 0 Å². The van der Waals surface area contributed by atoms with Crippen LogP contribution in [0.4, 0.5) is 5.69 Å². The van der Waals surface area contributed by atoms with E-state index in [1.807, 2.05) is 6.92 Å². The van der Waals surface area contributed by atoms with Crippen molar-refractivity contribution in [1.29, 1.82) is 0 Å². The second-order valence-electron chi connectivity index (χ2n) is 6.17. The molecule has 6 nitrogen and oxygen atoms in total. The van der Waals surface area contributed by atoms with E-state index < -0.39 is 0 Å². The SMILES string of the molecule is C[C@@H](NC(=O)c1ccccc1N(C)C(=O)c1ccco1)[C@@H]1CCCO1. The Kier molecular flexibility index (Phi) is 5.19. The molecule has 0 saturated carbocycles. The fourth-order valence-electron chi connectivity index (χ4n) is 3.01. The van der Waals surface area contributed by atoms with Crippen LogP contribution >= 0.6 is 0 Å². The van der Waals surface area contributed by atoms with Gasteiger partial charge in [-0.05, 0) is 44.0 Å². The van der Waals surface area contributed by atoms with Crippen molar-refractivity contribution in [2.45, 2.75) is 31.9 Å². The maximum Gasteiger partial charge on any atom is 0.293 e. The minimum atomic E-state index is -0.308. The van der Waals surface area contributed by atoms with Gasteiger partial charge in [-0.1, -0.05) is 12.1 Å². The maximum absolute atomic E-state index is 12.7. The zero-order chi connectivity index (χ0) is 17.8. The Morgan fingerprint density at radius 2 is 2.04 bits per heavy atom. The Morgan fingerprint density at radius 3 is 2.72 bits per heavy atom. The molecular weight excluding hydrogens is 320 g/mol. The second kappa shape index (κ2) is 7.53. The molecule has 2 heterocycles. The van der Waals surface area contributed by atoms with Crippen molar-refractivity contribution in [1.82, 2.24) is 5.32 Å². The highest BCUT2D eigenvalue weighted by Gasteiger charge is 2.26. The first kappa shape index (κ1) is 17.2. The molecule has 0 unspecified atom stereocenters. The summed E-state index contributed by atoms with van der Waals surface area (Å²) >= 11 is 0. The molecule has 1 saturated heterocycles. The predicted octanol–water partition coefficient (Wildman–Crippen LogP) is 2.85. The number of nitrogens with zero attached hydrogens (tertiary/aromatic N) is 1. The van der Waals surface area contributed by atoms with Crippen LogP contribution < -0.4 is 10.2 Å². The summed E-state index contributed by atoms with van der Waals surface area (Å²) in [5.74, 6) is -0.305. The molecule has 1 aromatic heterocycles. The van der Waals surface area contributed by atoms with Gasteiger partial charge >= 0.3 is 0 Å². The molecule has 0 aliphatic carbocycles. The Bertz CT molecular complexity index is 736. The van der Waals surface area contributed by atoms with Crippen LogP contribution in [0, 0.1) is 0 Å². The van der Waals surface area contributed by atoms with E-state index >= 15 is 0 Å². The van der Waals surface area contributed by atoms with Gasteiger partial charge in [-0.25, -0.2) is 0 Å². The number of amides is 2. The van der Waals surface area contributed by atoms with Crippen molar-refractivity contribution in [2.24, 2.45) is 0 Å². The van der Waals surface area contributed by atoms with Crippen molar-refractivity contribution in [3.8, 4) is 0 Å². The van der Waals surface area contributed by atoms with Crippen LogP contribution in [0.3, 0.4) is 0 Å². The molecule has 1 fully saturated rings. The molecule has 1 aliphatic heterocycles. The Labute approximate surface area is 146 Å². The highest BCUT2D eigenvalue weighted by atomic mass is 16.5.